The highest BCUT2D eigenvalue weighted by Gasteiger charge is 1.58. The Bertz CT molecular complexity index is 70.2. The zero-order valence-corrected chi connectivity index (χ0v) is 7.45. The largest absolute Gasteiger partial charge is 0.473 e. The predicted octanol–water partition coefficient (Wildman–Crippen LogP) is 0.00430. The van der Waals surface area contributed by atoms with Crippen LogP contribution in [-0.2, 0) is 0 Å². The summed E-state index contributed by atoms with van der Waals surface area (Å²) < 4.78 is 4.58. The lowest BCUT2D eigenvalue weighted by molar-refractivity contribution is 0.567. The molecule has 0 amide bonds. The Morgan fingerprint density at radius 3 is 1.09 bits per heavy atom. The van der Waals surface area contributed by atoms with Crippen LogP contribution in [-0.4, -0.2) is 21.1 Å². The van der Waals surface area contributed by atoms with Gasteiger partial charge in [0.2, 0.25) is 0 Å². The van der Waals surface area contributed by atoms with Crippen molar-refractivity contribution < 1.29 is 4.42 Å². The quantitative estimate of drug-likeness (QED) is 0.499. The van der Waals surface area contributed by atoms with Crippen molar-refractivity contribution >= 4 is 0 Å². The molecule has 0 spiro atoms. The van der Waals surface area contributed by atoms with Crippen molar-refractivity contribution in [2.75, 3.05) is 21.1 Å². The third-order valence-corrected chi connectivity index (χ3v) is 0.425. The number of hydrogen-bond donors (Lipinski definition) is 3. The minimum atomic E-state index is 1.50. The second-order valence-electron chi connectivity index (χ2n) is 0.793. The Balaban J connectivity index is -0.0000000933. The van der Waals surface area contributed by atoms with Gasteiger partial charge in [-0.1, -0.05) is 0 Å². The summed E-state index contributed by atoms with van der Waals surface area (Å²) in [5.74, 6) is 0. The highest BCUT2D eigenvalue weighted by Crippen LogP contribution is 1.79. The molecule has 0 aliphatic rings. The van der Waals surface area contributed by atoms with Crippen LogP contribution in [0.2, 0.25) is 0 Å². The van der Waals surface area contributed by atoms with Crippen LogP contribution in [0, 0.1) is 0 Å². The van der Waals surface area contributed by atoms with Crippen LogP contribution in [0.4, 0.5) is 0 Å². The van der Waals surface area contributed by atoms with Gasteiger partial charge in [-0.25, -0.2) is 0 Å². The van der Waals surface area contributed by atoms with Gasteiger partial charge in [-0.15, -0.1) is 0 Å². The average Bonchev–Trinajstić information content (AvgIpc) is 2.71. The molecule has 6 N–H and O–H groups in total. The van der Waals surface area contributed by atoms with E-state index in [1.807, 2.05) is 12.1 Å². The summed E-state index contributed by atoms with van der Waals surface area (Å²) in [5, 5.41) is 0. The van der Waals surface area contributed by atoms with Gasteiger partial charge in [0.25, 0.3) is 0 Å². The SMILES string of the molecule is CN.CN.CN.c1ccoc1. The maximum absolute atomic E-state index is 4.58. The van der Waals surface area contributed by atoms with E-state index in [1.54, 1.807) is 12.5 Å². The van der Waals surface area contributed by atoms with E-state index in [9.17, 15) is 0 Å². The van der Waals surface area contributed by atoms with Gasteiger partial charge in [0.15, 0.2) is 0 Å². The number of nitrogens with two attached hydrogens (primary N) is 3. The van der Waals surface area contributed by atoms with E-state index in [0.717, 1.165) is 0 Å². The lowest BCUT2D eigenvalue weighted by atomic mass is 10.7. The summed E-state index contributed by atoms with van der Waals surface area (Å²) in [6.07, 6.45) is 3.25. The second kappa shape index (κ2) is 35.2. The standard InChI is InChI=1S/C4H4O.3CH5N/c1-2-4-5-3-1;3*1-2/h1-4H;3*2H2,1H3. The molecule has 0 aliphatic carbocycles. The van der Waals surface area contributed by atoms with Gasteiger partial charge in [0.05, 0.1) is 12.5 Å². The highest BCUT2D eigenvalue weighted by molar-refractivity contribution is 4.79. The molecule has 1 aromatic rings. The molecule has 1 heterocycles. The van der Waals surface area contributed by atoms with Crippen LogP contribution >= 0.6 is 0 Å². The lowest BCUT2D eigenvalue weighted by Crippen LogP contribution is -1.69. The summed E-state index contributed by atoms with van der Waals surface area (Å²) in [7, 11) is 4.50. The Hall–Kier alpha value is -0.840. The van der Waals surface area contributed by atoms with Crippen LogP contribution in [0.1, 0.15) is 0 Å². The normalized spacial score (nSPS) is 5.27. The predicted molar refractivity (Wildman–Crippen MR) is 49.0 cm³/mol. The van der Waals surface area contributed by atoms with E-state index >= 15 is 0 Å². The maximum Gasteiger partial charge on any atom is 0.0902 e. The van der Waals surface area contributed by atoms with Gasteiger partial charge in [-0.2, -0.15) is 0 Å². The third kappa shape index (κ3) is 27.1. The van der Waals surface area contributed by atoms with Gasteiger partial charge in [-0.05, 0) is 33.3 Å². The van der Waals surface area contributed by atoms with Crippen LogP contribution in [0.3, 0.4) is 0 Å². The van der Waals surface area contributed by atoms with Crippen LogP contribution in [0.25, 0.3) is 0 Å². The minimum Gasteiger partial charge on any atom is -0.473 e. The molecule has 0 radical (unpaired) electrons. The molecule has 68 valence electrons. The van der Waals surface area contributed by atoms with Crippen LogP contribution < -0.4 is 17.2 Å². The fraction of sp³-hybridized carbons (Fsp3) is 0.429. The van der Waals surface area contributed by atoms with Gasteiger partial charge in [0, 0.05) is 0 Å². The Kier molecular flexibility index (Phi) is 53.3. The van der Waals surface area contributed by atoms with Crippen molar-refractivity contribution in [3.05, 3.63) is 24.7 Å². The van der Waals surface area contributed by atoms with Gasteiger partial charge >= 0.3 is 0 Å². The molecule has 0 fully saturated rings. The average molecular weight is 161 g/mol. The molecule has 0 saturated heterocycles. The smallest absolute Gasteiger partial charge is 0.0902 e. The Labute approximate surface area is 68.4 Å². The summed E-state index contributed by atoms with van der Waals surface area (Å²) >= 11 is 0. The first kappa shape index (κ1) is 16.6. The molecule has 0 unspecified atom stereocenters. The molecule has 4 heteroatoms. The zero-order valence-electron chi connectivity index (χ0n) is 7.45. The lowest BCUT2D eigenvalue weighted by Gasteiger charge is -1.50. The topological polar surface area (TPSA) is 91.2 Å². The molecule has 0 bridgehead atoms. The first-order chi connectivity index (χ1) is 5.50. The monoisotopic (exact) mass is 161 g/mol. The molecule has 0 aromatic carbocycles. The Morgan fingerprint density at radius 2 is 1.00 bits per heavy atom. The molecule has 4 nitrogen and oxygen atoms in total. The molecular formula is C7H19N3O. The number of hydrogen-bond acceptors (Lipinski definition) is 4. The number of rotatable bonds is 0. The van der Waals surface area contributed by atoms with E-state index in [-0.39, 0.29) is 0 Å². The van der Waals surface area contributed by atoms with E-state index in [4.69, 9.17) is 0 Å². The van der Waals surface area contributed by atoms with E-state index in [2.05, 4.69) is 21.6 Å². The summed E-state index contributed by atoms with van der Waals surface area (Å²) in [6.45, 7) is 0. The van der Waals surface area contributed by atoms with Crippen LogP contribution in [0.15, 0.2) is 29.1 Å². The zero-order chi connectivity index (χ0) is 9.54. The molecule has 1 aromatic heterocycles. The van der Waals surface area contributed by atoms with Crippen molar-refractivity contribution in [1.29, 1.82) is 0 Å². The minimum absolute atomic E-state index is 1.50. The van der Waals surface area contributed by atoms with Crippen molar-refractivity contribution in [1.82, 2.24) is 0 Å². The molecule has 0 atom stereocenters. The van der Waals surface area contributed by atoms with Crippen molar-refractivity contribution in [2.24, 2.45) is 17.2 Å². The fourth-order valence-corrected chi connectivity index (χ4v) is 0.227. The molecule has 0 saturated carbocycles. The van der Waals surface area contributed by atoms with Gasteiger partial charge < -0.3 is 21.6 Å². The van der Waals surface area contributed by atoms with E-state index < -0.39 is 0 Å². The first-order valence-corrected chi connectivity index (χ1v) is 3.20. The fourth-order valence-electron chi connectivity index (χ4n) is 0.227. The first-order valence-electron chi connectivity index (χ1n) is 3.20. The van der Waals surface area contributed by atoms with Crippen molar-refractivity contribution in [3.63, 3.8) is 0 Å². The summed E-state index contributed by atoms with van der Waals surface area (Å²) in [6, 6.07) is 3.67. The third-order valence-electron chi connectivity index (χ3n) is 0.425. The molecule has 1 rings (SSSR count). The molecule has 0 aliphatic heterocycles. The van der Waals surface area contributed by atoms with Crippen molar-refractivity contribution in [3.8, 4) is 0 Å². The maximum atomic E-state index is 4.58. The molecular weight excluding hydrogens is 142 g/mol. The van der Waals surface area contributed by atoms with E-state index in [1.165, 1.54) is 21.1 Å². The number of furan rings is 1. The highest BCUT2D eigenvalue weighted by atomic mass is 16.3. The van der Waals surface area contributed by atoms with Gasteiger partial charge in [-0.3, -0.25) is 0 Å². The summed E-state index contributed by atoms with van der Waals surface area (Å²) in [5.41, 5.74) is 13.5. The Morgan fingerprint density at radius 1 is 0.727 bits per heavy atom. The molecule has 11 heavy (non-hydrogen) atoms. The van der Waals surface area contributed by atoms with Crippen LogP contribution in [0.5, 0.6) is 0 Å². The van der Waals surface area contributed by atoms with E-state index in [0.29, 0.717) is 0 Å². The summed E-state index contributed by atoms with van der Waals surface area (Å²) in [4.78, 5) is 0. The second-order valence-corrected chi connectivity index (χ2v) is 0.793. The van der Waals surface area contributed by atoms with Gasteiger partial charge in [0.1, 0.15) is 0 Å². The van der Waals surface area contributed by atoms with Crippen molar-refractivity contribution in [2.45, 2.75) is 0 Å².